The van der Waals surface area contributed by atoms with Crippen molar-refractivity contribution >= 4 is 5.78 Å². The molecule has 21 heavy (non-hydrogen) atoms. The SMILES string of the molecule is Cc1cccc(CN(C)CC(=O)c2ccc(F)c(F)c2)c1. The Morgan fingerprint density at radius 2 is 1.86 bits per heavy atom. The van der Waals surface area contributed by atoms with Gasteiger partial charge in [0, 0.05) is 12.1 Å². The van der Waals surface area contributed by atoms with E-state index >= 15 is 0 Å². The summed E-state index contributed by atoms with van der Waals surface area (Å²) in [6, 6.07) is 11.2. The number of hydrogen-bond acceptors (Lipinski definition) is 2. The normalized spacial score (nSPS) is 10.9. The Kier molecular flexibility index (Phi) is 4.81. The fraction of sp³-hybridized carbons (Fsp3) is 0.235. The minimum Gasteiger partial charge on any atom is -0.295 e. The minimum absolute atomic E-state index is 0.152. The monoisotopic (exact) mass is 289 g/mol. The highest BCUT2D eigenvalue weighted by atomic mass is 19.2. The van der Waals surface area contributed by atoms with Crippen LogP contribution in [-0.2, 0) is 6.54 Å². The van der Waals surface area contributed by atoms with Gasteiger partial charge >= 0.3 is 0 Å². The Labute approximate surface area is 123 Å². The second-order valence-electron chi connectivity index (χ2n) is 5.21. The molecule has 110 valence electrons. The van der Waals surface area contributed by atoms with Gasteiger partial charge in [0.1, 0.15) is 0 Å². The zero-order chi connectivity index (χ0) is 15.4. The van der Waals surface area contributed by atoms with E-state index in [1.165, 1.54) is 6.07 Å². The van der Waals surface area contributed by atoms with Crippen LogP contribution in [0.1, 0.15) is 21.5 Å². The molecule has 0 radical (unpaired) electrons. The molecule has 0 bridgehead atoms. The average molecular weight is 289 g/mol. The Balaban J connectivity index is 2.00. The molecule has 0 aliphatic rings. The van der Waals surface area contributed by atoms with Crippen molar-refractivity contribution in [3.8, 4) is 0 Å². The molecule has 0 aromatic heterocycles. The fourth-order valence-corrected chi connectivity index (χ4v) is 2.18. The average Bonchev–Trinajstić information content (AvgIpc) is 2.41. The van der Waals surface area contributed by atoms with Crippen molar-refractivity contribution in [2.45, 2.75) is 13.5 Å². The van der Waals surface area contributed by atoms with E-state index in [0.717, 1.165) is 23.3 Å². The van der Waals surface area contributed by atoms with Crippen molar-refractivity contribution in [2.24, 2.45) is 0 Å². The van der Waals surface area contributed by atoms with Crippen LogP contribution in [0.25, 0.3) is 0 Å². The van der Waals surface area contributed by atoms with Crippen LogP contribution in [0, 0.1) is 18.6 Å². The number of benzene rings is 2. The minimum atomic E-state index is -0.998. The van der Waals surface area contributed by atoms with Crippen molar-refractivity contribution in [2.75, 3.05) is 13.6 Å². The molecule has 2 aromatic carbocycles. The fourth-order valence-electron chi connectivity index (χ4n) is 2.18. The summed E-state index contributed by atoms with van der Waals surface area (Å²) in [7, 11) is 1.82. The molecule has 2 rings (SSSR count). The summed E-state index contributed by atoms with van der Waals surface area (Å²) >= 11 is 0. The summed E-state index contributed by atoms with van der Waals surface area (Å²) < 4.78 is 26.0. The van der Waals surface area contributed by atoms with Crippen molar-refractivity contribution < 1.29 is 13.6 Å². The third kappa shape index (κ3) is 4.20. The second kappa shape index (κ2) is 6.59. The third-order valence-electron chi connectivity index (χ3n) is 3.19. The molecule has 0 fully saturated rings. The van der Waals surface area contributed by atoms with E-state index in [9.17, 15) is 13.6 Å². The number of hydrogen-bond donors (Lipinski definition) is 0. The number of aryl methyl sites for hydroxylation is 1. The van der Waals surface area contributed by atoms with E-state index in [2.05, 4.69) is 6.07 Å². The second-order valence-corrected chi connectivity index (χ2v) is 5.21. The lowest BCUT2D eigenvalue weighted by Crippen LogP contribution is -2.25. The Morgan fingerprint density at radius 3 is 2.52 bits per heavy atom. The molecule has 0 N–H and O–H groups in total. The first-order valence-electron chi connectivity index (χ1n) is 6.68. The van der Waals surface area contributed by atoms with Crippen molar-refractivity contribution in [3.63, 3.8) is 0 Å². The van der Waals surface area contributed by atoms with Crippen molar-refractivity contribution in [1.82, 2.24) is 4.90 Å². The Bertz CT molecular complexity index is 655. The van der Waals surface area contributed by atoms with E-state index in [1.807, 2.05) is 37.1 Å². The summed E-state index contributed by atoms with van der Waals surface area (Å²) in [5.41, 5.74) is 2.45. The van der Waals surface area contributed by atoms with E-state index in [4.69, 9.17) is 0 Å². The first-order chi connectivity index (χ1) is 9.95. The molecule has 2 aromatic rings. The van der Waals surface area contributed by atoms with E-state index in [1.54, 1.807) is 0 Å². The molecule has 0 aliphatic heterocycles. The number of halogens is 2. The number of rotatable bonds is 5. The molecular formula is C17H17F2NO. The number of carbonyl (C=O) groups excluding carboxylic acids is 1. The predicted molar refractivity (Wildman–Crippen MR) is 78.2 cm³/mol. The predicted octanol–water partition coefficient (Wildman–Crippen LogP) is 3.59. The summed E-state index contributed by atoms with van der Waals surface area (Å²) in [4.78, 5) is 13.9. The van der Waals surface area contributed by atoms with Crippen LogP contribution in [0.5, 0.6) is 0 Å². The molecule has 0 aliphatic carbocycles. The molecule has 4 heteroatoms. The highest BCUT2D eigenvalue weighted by Gasteiger charge is 2.12. The van der Waals surface area contributed by atoms with Gasteiger partial charge in [-0.2, -0.15) is 0 Å². The quantitative estimate of drug-likeness (QED) is 0.784. The van der Waals surface area contributed by atoms with Gasteiger partial charge < -0.3 is 0 Å². The van der Waals surface area contributed by atoms with Gasteiger partial charge in [-0.25, -0.2) is 8.78 Å². The zero-order valence-corrected chi connectivity index (χ0v) is 12.1. The number of Topliss-reactive ketones (excluding diaryl/α,β-unsaturated/α-hetero) is 1. The van der Waals surface area contributed by atoms with E-state index < -0.39 is 11.6 Å². The maximum atomic E-state index is 13.1. The van der Waals surface area contributed by atoms with Crippen LogP contribution in [0.3, 0.4) is 0 Å². The summed E-state index contributed by atoms with van der Waals surface area (Å²) in [5, 5.41) is 0. The molecule has 0 saturated carbocycles. The maximum absolute atomic E-state index is 13.1. The van der Waals surface area contributed by atoms with E-state index in [0.29, 0.717) is 6.54 Å². The standard InChI is InChI=1S/C17H17F2NO/c1-12-4-3-5-13(8-12)10-20(2)11-17(21)14-6-7-15(18)16(19)9-14/h3-9H,10-11H2,1-2H3. The lowest BCUT2D eigenvalue weighted by molar-refractivity contribution is 0.0942. The smallest absolute Gasteiger partial charge is 0.176 e. The van der Waals surface area contributed by atoms with Gasteiger partial charge in [0.25, 0.3) is 0 Å². The van der Waals surface area contributed by atoms with Gasteiger partial charge in [0.05, 0.1) is 6.54 Å². The molecule has 0 amide bonds. The van der Waals surface area contributed by atoms with Crippen LogP contribution < -0.4 is 0 Å². The van der Waals surface area contributed by atoms with Gasteiger partial charge in [-0.05, 0) is 37.7 Å². The molecule has 2 nitrogen and oxygen atoms in total. The van der Waals surface area contributed by atoms with Crippen molar-refractivity contribution in [3.05, 3.63) is 70.8 Å². The van der Waals surface area contributed by atoms with Crippen LogP contribution in [0.2, 0.25) is 0 Å². The lowest BCUT2D eigenvalue weighted by Gasteiger charge is -2.16. The van der Waals surface area contributed by atoms with Crippen LogP contribution in [0.15, 0.2) is 42.5 Å². The Morgan fingerprint density at radius 1 is 1.10 bits per heavy atom. The Hall–Kier alpha value is -2.07. The number of nitrogens with zero attached hydrogens (tertiary/aromatic N) is 1. The summed E-state index contributed by atoms with van der Waals surface area (Å²) in [6.07, 6.45) is 0. The molecule has 0 spiro atoms. The van der Waals surface area contributed by atoms with Gasteiger partial charge in [-0.1, -0.05) is 29.8 Å². The first-order valence-corrected chi connectivity index (χ1v) is 6.68. The molecule has 0 heterocycles. The topological polar surface area (TPSA) is 20.3 Å². The highest BCUT2D eigenvalue weighted by molar-refractivity contribution is 5.97. The van der Waals surface area contributed by atoms with Crippen LogP contribution in [-0.4, -0.2) is 24.3 Å². The molecule has 0 atom stereocenters. The lowest BCUT2D eigenvalue weighted by atomic mass is 10.1. The molecule has 0 unspecified atom stereocenters. The summed E-state index contributed by atoms with van der Waals surface area (Å²) in [5.74, 6) is -2.18. The van der Waals surface area contributed by atoms with Crippen molar-refractivity contribution in [1.29, 1.82) is 0 Å². The third-order valence-corrected chi connectivity index (χ3v) is 3.19. The molecule has 0 saturated heterocycles. The largest absolute Gasteiger partial charge is 0.295 e. The van der Waals surface area contributed by atoms with Gasteiger partial charge in [0.15, 0.2) is 17.4 Å². The highest BCUT2D eigenvalue weighted by Crippen LogP contribution is 2.11. The maximum Gasteiger partial charge on any atom is 0.176 e. The summed E-state index contributed by atoms with van der Waals surface area (Å²) in [6.45, 7) is 2.78. The first kappa shape index (κ1) is 15.3. The number of likely N-dealkylation sites (N-methyl/N-ethyl adjacent to an activating group) is 1. The van der Waals surface area contributed by atoms with Gasteiger partial charge in [-0.15, -0.1) is 0 Å². The van der Waals surface area contributed by atoms with Gasteiger partial charge in [0.2, 0.25) is 0 Å². The molecular weight excluding hydrogens is 272 g/mol. The van der Waals surface area contributed by atoms with E-state index in [-0.39, 0.29) is 17.9 Å². The van der Waals surface area contributed by atoms with Crippen LogP contribution in [0.4, 0.5) is 8.78 Å². The van der Waals surface area contributed by atoms with Gasteiger partial charge in [-0.3, -0.25) is 9.69 Å². The number of carbonyl (C=O) groups is 1. The number of ketones is 1. The zero-order valence-electron chi connectivity index (χ0n) is 12.1. The van der Waals surface area contributed by atoms with Crippen LogP contribution >= 0.6 is 0 Å².